The summed E-state index contributed by atoms with van der Waals surface area (Å²) in [6.07, 6.45) is 0. The Kier molecular flexibility index (Phi) is 6.55. The number of thiazole rings is 1. The number of amides is 1. The van der Waals surface area contributed by atoms with Crippen LogP contribution >= 0.6 is 34.7 Å². The number of hydrogen-bond donors (Lipinski definition) is 1. The van der Waals surface area contributed by atoms with E-state index in [1.807, 2.05) is 59.3 Å². The van der Waals surface area contributed by atoms with Gasteiger partial charge in [-0.05, 0) is 43.3 Å². The molecular weight excluding hydrogens is 454 g/mol. The van der Waals surface area contributed by atoms with Crippen molar-refractivity contribution in [1.82, 2.24) is 19.7 Å². The summed E-state index contributed by atoms with van der Waals surface area (Å²) in [4.78, 5) is 16.7. The summed E-state index contributed by atoms with van der Waals surface area (Å²) in [5.74, 6) is 1.33. The second-order valence-corrected chi connectivity index (χ2v) is 8.66. The summed E-state index contributed by atoms with van der Waals surface area (Å²) in [6.45, 7) is 1.88. The van der Waals surface area contributed by atoms with Gasteiger partial charge in [-0.15, -0.1) is 21.5 Å². The third-order valence-corrected chi connectivity index (χ3v) is 6.41. The number of hydrogen-bond acceptors (Lipinski definition) is 7. The maximum Gasteiger partial charge on any atom is 0.236 e. The Labute approximate surface area is 192 Å². The van der Waals surface area contributed by atoms with Crippen molar-refractivity contribution in [3.05, 3.63) is 64.6 Å². The van der Waals surface area contributed by atoms with Crippen molar-refractivity contribution in [1.29, 1.82) is 0 Å². The average Bonchev–Trinajstić information content (AvgIpc) is 3.38. The Morgan fingerprint density at radius 3 is 2.65 bits per heavy atom. The minimum atomic E-state index is -0.164. The minimum Gasteiger partial charge on any atom is -0.497 e. The van der Waals surface area contributed by atoms with Gasteiger partial charge in [0.25, 0.3) is 0 Å². The van der Waals surface area contributed by atoms with E-state index in [4.69, 9.17) is 16.3 Å². The molecule has 0 saturated heterocycles. The number of thioether (sulfide) groups is 1. The van der Waals surface area contributed by atoms with E-state index in [2.05, 4.69) is 20.5 Å². The van der Waals surface area contributed by atoms with Gasteiger partial charge >= 0.3 is 0 Å². The summed E-state index contributed by atoms with van der Waals surface area (Å²) in [5, 5.41) is 15.1. The lowest BCUT2D eigenvalue weighted by molar-refractivity contribution is -0.113. The lowest BCUT2D eigenvalue weighted by Gasteiger charge is -2.12. The van der Waals surface area contributed by atoms with Crippen LogP contribution in [-0.2, 0) is 4.79 Å². The van der Waals surface area contributed by atoms with Crippen molar-refractivity contribution in [3.8, 4) is 22.8 Å². The number of benzene rings is 2. The van der Waals surface area contributed by atoms with Crippen LogP contribution in [0.1, 0.15) is 5.69 Å². The van der Waals surface area contributed by atoms with Crippen LogP contribution in [-0.4, -0.2) is 38.5 Å². The van der Waals surface area contributed by atoms with Gasteiger partial charge in [0.05, 0.1) is 23.6 Å². The molecule has 0 saturated carbocycles. The smallest absolute Gasteiger partial charge is 0.236 e. The maximum absolute atomic E-state index is 12.4. The zero-order valence-corrected chi connectivity index (χ0v) is 19.1. The molecule has 0 radical (unpaired) electrons. The molecule has 0 aliphatic rings. The number of ether oxygens (including phenoxy) is 1. The zero-order chi connectivity index (χ0) is 21.8. The molecule has 2 aromatic heterocycles. The number of carbonyl (C=O) groups is 1. The predicted molar refractivity (Wildman–Crippen MR) is 125 cm³/mol. The van der Waals surface area contributed by atoms with Crippen LogP contribution in [0.5, 0.6) is 5.75 Å². The van der Waals surface area contributed by atoms with Gasteiger partial charge in [-0.1, -0.05) is 35.5 Å². The normalized spacial score (nSPS) is 10.8. The number of nitrogens with zero attached hydrogens (tertiary/aromatic N) is 4. The molecule has 0 aliphatic carbocycles. The SMILES string of the molecule is COc1ccc(-n2c(SCC(=O)Nc3nc(C)cs3)nnc2-c2ccccc2Cl)cc1. The molecular formula is C21H18ClN5O2S2. The molecule has 0 aliphatic heterocycles. The average molecular weight is 472 g/mol. The van der Waals surface area contributed by atoms with Crippen LogP contribution < -0.4 is 10.1 Å². The van der Waals surface area contributed by atoms with Gasteiger partial charge in [0.2, 0.25) is 5.91 Å². The molecule has 0 fully saturated rings. The van der Waals surface area contributed by atoms with E-state index in [-0.39, 0.29) is 11.7 Å². The molecule has 4 rings (SSSR count). The van der Waals surface area contributed by atoms with Gasteiger partial charge in [0, 0.05) is 16.6 Å². The first-order valence-corrected chi connectivity index (χ1v) is 11.5. The van der Waals surface area contributed by atoms with Gasteiger partial charge in [-0.3, -0.25) is 9.36 Å². The van der Waals surface area contributed by atoms with E-state index in [9.17, 15) is 4.79 Å². The molecule has 1 amide bonds. The quantitative estimate of drug-likeness (QED) is 0.378. The summed E-state index contributed by atoms with van der Waals surface area (Å²) in [5.41, 5.74) is 2.46. The summed E-state index contributed by atoms with van der Waals surface area (Å²) >= 11 is 9.10. The Morgan fingerprint density at radius 2 is 1.97 bits per heavy atom. The van der Waals surface area contributed by atoms with Crippen LogP contribution in [0.4, 0.5) is 5.13 Å². The van der Waals surface area contributed by atoms with Crippen molar-refractivity contribution >= 4 is 45.7 Å². The molecule has 0 bridgehead atoms. The van der Waals surface area contributed by atoms with E-state index in [0.717, 1.165) is 22.7 Å². The van der Waals surface area contributed by atoms with Crippen LogP contribution in [0.2, 0.25) is 5.02 Å². The van der Waals surface area contributed by atoms with E-state index in [0.29, 0.717) is 21.1 Å². The second kappa shape index (κ2) is 9.51. The Hall–Kier alpha value is -2.88. The second-order valence-electron chi connectivity index (χ2n) is 6.45. The Morgan fingerprint density at radius 1 is 1.19 bits per heavy atom. The van der Waals surface area contributed by atoms with Crippen LogP contribution in [0, 0.1) is 6.92 Å². The van der Waals surface area contributed by atoms with Gasteiger partial charge in [-0.25, -0.2) is 4.98 Å². The summed E-state index contributed by atoms with van der Waals surface area (Å²) in [6, 6.07) is 15.0. The Bertz CT molecular complexity index is 1210. The van der Waals surface area contributed by atoms with Crippen molar-refractivity contribution in [2.75, 3.05) is 18.2 Å². The van der Waals surface area contributed by atoms with Gasteiger partial charge in [0.1, 0.15) is 5.75 Å². The summed E-state index contributed by atoms with van der Waals surface area (Å²) in [7, 11) is 1.62. The predicted octanol–water partition coefficient (Wildman–Crippen LogP) is 5.09. The molecule has 1 N–H and O–H groups in total. The van der Waals surface area contributed by atoms with Crippen molar-refractivity contribution in [3.63, 3.8) is 0 Å². The fourth-order valence-electron chi connectivity index (χ4n) is 2.84. The third kappa shape index (κ3) is 4.90. The van der Waals surface area contributed by atoms with Crippen molar-refractivity contribution < 1.29 is 9.53 Å². The van der Waals surface area contributed by atoms with Gasteiger partial charge in [-0.2, -0.15) is 0 Å². The van der Waals surface area contributed by atoms with Crippen LogP contribution in [0.15, 0.2) is 59.1 Å². The molecule has 10 heteroatoms. The highest BCUT2D eigenvalue weighted by Crippen LogP contribution is 2.32. The number of aryl methyl sites for hydroxylation is 1. The van der Waals surface area contributed by atoms with Gasteiger partial charge in [0.15, 0.2) is 16.1 Å². The molecule has 7 nitrogen and oxygen atoms in total. The highest BCUT2D eigenvalue weighted by atomic mass is 35.5. The van der Waals surface area contributed by atoms with Crippen molar-refractivity contribution in [2.24, 2.45) is 0 Å². The molecule has 31 heavy (non-hydrogen) atoms. The summed E-state index contributed by atoms with van der Waals surface area (Å²) < 4.78 is 7.14. The molecule has 2 heterocycles. The van der Waals surface area contributed by atoms with Gasteiger partial charge < -0.3 is 10.1 Å². The minimum absolute atomic E-state index is 0.162. The molecule has 4 aromatic rings. The first-order valence-electron chi connectivity index (χ1n) is 9.24. The zero-order valence-electron chi connectivity index (χ0n) is 16.7. The largest absolute Gasteiger partial charge is 0.497 e. The highest BCUT2D eigenvalue weighted by Gasteiger charge is 2.19. The number of aromatic nitrogens is 4. The van der Waals surface area contributed by atoms with Crippen LogP contribution in [0.25, 0.3) is 17.1 Å². The van der Waals surface area contributed by atoms with E-state index < -0.39 is 0 Å². The van der Waals surface area contributed by atoms with E-state index >= 15 is 0 Å². The monoisotopic (exact) mass is 471 g/mol. The standard InChI is InChI=1S/C21H18ClN5O2S2/c1-13-11-30-20(23-13)24-18(28)12-31-21-26-25-19(16-5-3-4-6-17(16)22)27(21)14-7-9-15(29-2)10-8-14/h3-11H,12H2,1-2H3,(H,23,24,28). The topological polar surface area (TPSA) is 81.9 Å². The third-order valence-electron chi connectivity index (χ3n) is 4.28. The first kappa shape index (κ1) is 21.4. The Balaban J connectivity index is 1.63. The molecule has 0 atom stereocenters. The molecule has 158 valence electrons. The molecule has 0 unspecified atom stereocenters. The number of anilines is 1. The number of carbonyl (C=O) groups excluding carboxylic acids is 1. The lowest BCUT2D eigenvalue weighted by Crippen LogP contribution is -2.14. The maximum atomic E-state index is 12.4. The van der Waals surface area contributed by atoms with E-state index in [1.165, 1.54) is 23.1 Å². The number of rotatable bonds is 7. The molecule has 0 spiro atoms. The number of nitrogens with one attached hydrogen (secondary N) is 1. The number of halogens is 1. The lowest BCUT2D eigenvalue weighted by atomic mass is 10.2. The highest BCUT2D eigenvalue weighted by molar-refractivity contribution is 7.99. The molecule has 2 aromatic carbocycles. The van der Waals surface area contributed by atoms with Crippen molar-refractivity contribution in [2.45, 2.75) is 12.1 Å². The number of methoxy groups -OCH3 is 1. The van der Waals surface area contributed by atoms with Crippen LogP contribution in [0.3, 0.4) is 0 Å². The fraction of sp³-hybridized carbons (Fsp3) is 0.143. The first-order chi connectivity index (χ1) is 15.0. The fourth-order valence-corrected chi connectivity index (χ4v) is 4.52. The van der Waals surface area contributed by atoms with E-state index in [1.54, 1.807) is 13.2 Å².